The van der Waals surface area contributed by atoms with Gasteiger partial charge in [0.05, 0.1) is 29.6 Å². The van der Waals surface area contributed by atoms with Crippen molar-refractivity contribution in [2.24, 2.45) is 0 Å². The van der Waals surface area contributed by atoms with Crippen LogP contribution >= 0.6 is 0 Å². The zero-order valence-corrected chi connectivity index (χ0v) is 15.0. The topological polar surface area (TPSA) is 105 Å². The Kier molecular flexibility index (Phi) is 4.19. The largest absolute Gasteiger partial charge is 0.344 e. The first-order valence-electron chi connectivity index (χ1n) is 8.58. The van der Waals surface area contributed by atoms with Crippen molar-refractivity contribution >= 4 is 28.7 Å². The molecule has 3 aromatic rings. The number of nitrogens with zero attached hydrogens (tertiary/aromatic N) is 5. The average molecular weight is 365 g/mol. The highest BCUT2D eigenvalue weighted by Gasteiger charge is 2.27. The van der Waals surface area contributed by atoms with Gasteiger partial charge in [-0.05, 0) is 25.1 Å². The molecule has 0 spiro atoms. The SMILES string of the molecule is Cc1cc(-n2ncc3cc(NC(=O)NC4CC(=O)N(C)C4)ncc32)ccn1. The van der Waals surface area contributed by atoms with E-state index < -0.39 is 0 Å². The molecule has 2 N–H and O–H groups in total. The van der Waals surface area contributed by atoms with Gasteiger partial charge in [0.25, 0.3) is 0 Å². The van der Waals surface area contributed by atoms with Crippen LogP contribution in [0.25, 0.3) is 16.6 Å². The van der Waals surface area contributed by atoms with Crippen molar-refractivity contribution in [1.29, 1.82) is 0 Å². The third kappa shape index (κ3) is 3.43. The number of aryl methyl sites for hydroxylation is 1. The lowest BCUT2D eigenvalue weighted by Gasteiger charge is -2.13. The molecule has 3 amide bonds. The summed E-state index contributed by atoms with van der Waals surface area (Å²) in [6.07, 6.45) is 5.44. The van der Waals surface area contributed by atoms with Gasteiger partial charge in [-0.2, -0.15) is 5.10 Å². The Morgan fingerprint density at radius 3 is 2.85 bits per heavy atom. The zero-order chi connectivity index (χ0) is 19.0. The van der Waals surface area contributed by atoms with Gasteiger partial charge in [0.15, 0.2) is 0 Å². The maximum Gasteiger partial charge on any atom is 0.320 e. The number of pyridine rings is 2. The van der Waals surface area contributed by atoms with Gasteiger partial charge in [-0.1, -0.05) is 0 Å². The third-order valence-electron chi connectivity index (χ3n) is 4.50. The summed E-state index contributed by atoms with van der Waals surface area (Å²) < 4.78 is 1.78. The molecule has 0 aliphatic carbocycles. The summed E-state index contributed by atoms with van der Waals surface area (Å²) in [6.45, 7) is 2.43. The van der Waals surface area contributed by atoms with Crippen LogP contribution in [0.3, 0.4) is 0 Å². The number of carbonyl (C=O) groups excluding carboxylic acids is 2. The van der Waals surface area contributed by atoms with E-state index in [1.54, 1.807) is 41.3 Å². The van der Waals surface area contributed by atoms with E-state index in [1.165, 1.54) is 0 Å². The Bertz CT molecular complexity index is 1030. The van der Waals surface area contributed by atoms with Gasteiger partial charge in [0, 0.05) is 37.3 Å². The van der Waals surface area contributed by atoms with Crippen molar-refractivity contribution in [3.8, 4) is 5.69 Å². The highest BCUT2D eigenvalue weighted by Crippen LogP contribution is 2.20. The van der Waals surface area contributed by atoms with E-state index in [2.05, 4.69) is 25.7 Å². The molecule has 138 valence electrons. The Morgan fingerprint density at radius 2 is 2.11 bits per heavy atom. The monoisotopic (exact) mass is 365 g/mol. The molecule has 4 rings (SSSR count). The molecule has 0 radical (unpaired) electrons. The van der Waals surface area contributed by atoms with E-state index in [0.29, 0.717) is 18.8 Å². The van der Waals surface area contributed by atoms with Crippen molar-refractivity contribution in [2.45, 2.75) is 19.4 Å². The van der Waals surface area contributed by atoms with E-state index in [4.69, 9.17) is 0 Å². The normalized spacial score (nSPS) is 16.7. The van der Waals surface area contributed by atoms with Crippen LogP contribution in [0.1, 0.15) is 12.1 Å². The van der Waals surface area contributed by atoms with Gasteiger partial charge in [0.2, 0.25) is 5.91 Å². The second-order valence-electron chi connectivity index (χ2n) is 6.61. The van der Waals surface area contributed by atoms with Crippen molar-refractivity contribution in [2.75, 3.05) is 18.9 Å². The number of rotatable bonds is 3. The maximum absolute atomic E-state index is 12.2. The van der Waals surface area contributed by atoms with E-state index in [0.717, 1.165) is 22.3 Å². The number of aromatic nitrogens is 4. The molecule has 1 aliphatic heterocycles. The quantitative estimate of drug-likeness (QED) is 0.731. The minimum absolute atomic E-state index is 0.0265. The molecule has 4 heterocycles. The summed E-state index contributed by atoms with van der Waals surface area (Å²) >= 11 is 0. The molecule has 0 saturated carbocycles. The van der Waals surface area contributed by atoms with Crippen molar-refractivity contribution < 1.29 is 9.59 Å². The number of hydrogen-bond acceptors (Lipinski definition) is 5. The molecule has 27 heavy (non-hydrogen) atoms. The molecular formula is C18H19N7O2. The van der Waals surface area contributed by atoms with Crippen LogP contribution in [0.2, 0.25) is 0 Å². The Morgan fingerprint density at radius 1 is 1.26 bits per heavy atom. The molecule has 1 fully saturated rings. The molecule has 0 aromatic carbocycles. The lowest BCUT2D eigenvalue weighted by Crippen LogP contribution is -2.39. The highest BCUT2D eigenvalue weighted by molar-refractivity contribution is 5.92. The summed E-state index contributed by atoms with van der Waals surface area (Å²) in [5.74, 6) is 0.446. The number of anilines is 1. The third-order valence-corrected chi connectivity index (χ3v) is 4.50. The number of hydrogen-bond donors (Lipinski definition) is 2. The first-order valence-corrected chi connectivity index (χ1v) is 8.58. The first-order chi connectivity index (χ1) is 13.0. The summed E-state index contributed by atoms with van der Waals surface area (Å²) in [7, 11) is 1.72. The summed E-state index contributed by atoms with van der Waals surface area (Å²) in [5.41, 5.74) is 2.62. The second-order valence-corrected chi connectivity index (χ2v) is 6.61. The summed E-state index contributed by atoms with van der Waals surface area (Å²) in [4.78, 5) is 33.8. The van der Waals surface area contributed by atoms with Gasteiger partial charge < -0.3 is 10.2 Å². The predicted octanol–water partition coefficient (Wildman–Crippen LogP) is 1.48. The number of fused-ring (bicyclic) bond motifs is 1. The second kappa shape index (κ2) is 6.67. The highest BCUT2D eigenvalue weighted by atomic mass is 16.2. The fraction of sp³-hybridized carbons (Fsp3) is 0.278. The lowest BCUT2D eigenvalue weighted by atomic mass is 10.2. The lowest BCUT2D eigenvalue weighted by molar-refractivity contribution is -0.126. The minimum Gasteiger partial charge on any atom is -0.344 e. The molecule has 0 bridgehead atoms. The Labute approximate surface area is 155 Å². The average Bonchev–Trinajstić information content (AvgIpc) is 3.17. The van der Waals surface area contributed by atoms with Gasteiger partial charge >= 0.3 is 6.03 Å². The number of likely N-dealkylation sites (tertiary alicyclic amines) is 1. The number of amides is 3. The standard InChI is InChI=1S/C18H19N7O2/c1-11-5-14(3-4-19-11)25-15-9-20-16(6-12(15)8-21-25)23-18(27)22-13-7-17(26)24(2)10-13/h3-6,8-9,13H,7,10H2,1-2H3,(H2,20,22,23,27). The van der Waals surface area contributed by atoms with Gasteiger partial charge in [-0.3, -0.25) is 15.1 Å². The van der Waals surface area contributed by atoms with Crippen LogP contribution in [0.15, 0.2) is 36.8 Å². The fourth-order valence-electron chi connectivity index (χ4n) is 3.16. The zero-order valence-electron chi connectivity index (χ0n) is 15.0. The van der Waals surface area contributed by atoms with E-state index >= 15 is 0 Å². The number of likely N-dealkylation sites (N-methyl/N-ethyl adjacent to an activating group) is 1. The number of carbonyl (C=O) groups is 2. The van der Waals surface area contributed by atoms with Crippen LogP contribution in [-0.2, 0) is 4.79 Å². The van der Waals surface area contributed by atoms with Crippen LogP contribution < -0.4 is 10.6 Å². The molecule has 1 saturated heterocycles. The summed E-state index contributed by atoms with van der Waals surface area (Å²) in [6, 6.07) is 5.00. The number of nitrogens with one attached hydrogen (secondary N) is 2. The van der Waals surface area contributed by atoms with Crippen molar-refractivity contribution in [3.05, 3.63) is 42.5 Å². The maximum atomic E-state index is 12.2. The minimum atomic E-state index is -0.382. The van der Waals surface area contributed by atoms with Crippen LogP contribution in [-0.4, -0.2) is 56.2 Å². The molecule has 1 unspecified atom stereocenters. The Hall–Kier alpha value is -3.49. The van der Waals surface area contributed by atoms with Gasteiger partial charge in [-0.15, -0.1) is 0 Å². The molecule has 3 aromatic heterocycles. The van der Waals surface area contributed by atoms with Crippen LogP contribution in [0.5, 0.6) is 0 Å². The van der Waals surface area contributed by atoms with E-state index in [-0.39, 0.29) is 18.0 Å². The van der Waals surface area contributed by atoms with Crippen molar-refractivity contribution in [3.63, 3.8) is 0 Å². The molecule has 1 aliphatic rings. The molecule has 9 nitrogen and oxygen atoms in total. The first kappa shape index (κ1) is 17.0. The molecule has 9 heteroatoms. The molecular weight excluding hydrogens is 346 g/mol. The van der Waals surface area contributed by atoms with Crippen LogP contribution in [0.4, 0.5) is 10.6 Å². The van der Waals surface area contributed by atoms with Crippen LogP contribution in [0, 0.1) is 6.92 Å². The van der Waals surface area contributed by atoms with E-state index in [1.807, 2.05) is 19.1 Å². The summed E-state index contributed by atoms with van der Waals surface area (Å²) in [5, 5.41) is 10.8. The Balaban J connectivity index is 1.49. The molecule has 1 atom stereocenters. The van der Waals surface area contributed by atoms with Gasteiger partial charge in [0.1, 0.15) is 5.82 Å². The van der Waals surface area contributed by atoms with E-state index in [9.17, 15) is 9.59 Å². The number of urea groups is 1. The van der Waals surface area contributed by atoms with Crippen molar-refractivity contribution in [1.82, 2.24) is 30.0 Å². The fourth-order valence-corrected chi connectivity index (χ4v) is 3.16. The smallest absolute Gasteiger partial charge is 0.320 e. The van der Waals surface area contributed by atoms with Gasteiger partial charge in [-0.25, -0.2) is 14.5 Å². The predicted molar refractivity (Wildman–Crippen MR) is 99.6 cm³/mol.